The van der Waals surface area contributed by atoms with Gasteiger partial charge < -0.3 is 35.2 Å². The number of nitrogens with two attached hydrogens (primary N) is 1. The number of rotatable bonds is 10. The lowest BCUT2D eigenvalue weighted by atomic mass is 10.1. The number of azide groups is 1. The van der Waals surface area contributed by atoms with Crippen LogP contribution in [0.25, 0.3) is 10.4 Å². The molecule has 2 rings (SSSR count). The second-order valence-corrected chi connectivity index (χ2v) is 9.97. The van der Waals surface area contributed by atoms with Gasteiger partial charge in [-0.05, 0) is 5.53 Å². The summed E-state index contributed by atoms with van der Waals surface area (Å²) in [5, 5.41) is 17.2. The van der Waals surface area contributed by atoms with E-state index in [0.29, 0.717) is 0 Å². The van der Waals surface area contributed by atoms with Gasteiger partial charge in [-0.2, -0.15) is 8.62 Å². The highest BCUT2D eigenvalue weighted by molar-refractivity contribution is 7.66. The van der Waals surface area contributed by atoms with E-state index in [1.54, 1.807) is 0 Å². The molecule has 0 radical (unpaired) electrons. The summed E-state index contributed by atoms with van der Waals surface area (Å²) < 4.78 is 51.4. The molecule has 0 saturated carbocycles. The lowest BCUT2D eigenvalue weighted by molar-refractivity contribution is -0.0567. The van der Waals surface area contributed by atoms with E-state index < -0.39 is 66.3 Å². The van der Waals surface area contributed by atoms with Gasteiger partial charge in [0, 0.05) is 4.91 Å². The highest BCUT2D eigenvalue weighted by Crippen LogP contribution is 2.66. The number of carbonyl (C=O) groups is 1. The molecule has 0 bridgehead atoms. The smallest absolute Gasteiger partial charge is 0.388 e. The van der Waals surface area contributed by atoms with Gasteiger partial charge in [0.1, 0.15) is 12.4 Å². The number of ether oxygens (including phenoxy) is 1. The fourth-order valence-corrected chi connectivity index (χ4v) is 5.30. The molecule has 1 fully saturated rings. The number of phosphoric ester groups is 1. The molecule has 174 valence electrons. The number of amides is 1. The first kappa shape index (κ1) is 25.5. The van der Waals surface area contributed by atoms with Gasteiger partial charge in [0.2, 0.25) is 5.82 Å². The molecule has 1 amide bonds. The molecule has 20 nitrogen and oxygen atoms in total. The molecule has 0 aliphatic carbocycles. The van der Waals surface area contributed by atoms with Crippen molar-refractivity contribution in [1.29, 1.82) is 0 Å². The monoisotopic (exact) mass is 509 g/mol. The summed E-state index contributed by atoms with van der Waals surface area (Å²) in [6.07, 6.45) is -3.58. The summed E-state index contributed by atoms with van der Waals surface area (Å²) in [7, 11) is -16.8. The van der Waals surface area contributed by atoms with E-state index in [0.717, 1.165) is 11.0 Å². The number of aliphatic hydroxyl groups is 1. The van der Waals surface area contributed by atoms with Crippen LogP contribution in [0.4, 0.5) is 0 Å². The van der Waals surface area contributed by atoms with Gasteiger partial charge >= 0.3 is 23.5 Å². The van der Waals surface area contributed by atoms with Crippen LogP contribution in [0.5, 0.6) is 0 Å². The third-order valence-electron chi connectivity index (χ3n) is 3.33. The Balaban J connectivity index is 2.12. The van der Waals surface area contributed by atoms with Crippen molar-refractivity contribution >= 4 is 29.4 Å². The molecule has 7 N–H and O–H groups in total. The number of hydrogen-bond donors (Lipinski definition) is 6. The van der Waals surface area contributed by atoms with Crippen molar-refractivity contribution in [3.63, 3.8) is 0 Å². The SMILES string of the molecule is [N-]=[N+]=N[C@H]1[C@@H](O)[C@H](n2cnc(C(N)=O)n2)O[C@@H]1COP(=O)(O)OP(=O)(O)OP(=O)(O)O. The first-order chi connectivity index (χ1) is 14.1. The van der Waals surface area contributed by atoms with Crippen molar-refractivity contribution in [3.05, 3.63) is 22.6 Å². The highest BCUT2D eigenvalue weighted by atomic mass is 31.3. The molecule has 31 heavy (non-hydrogen) atoms. The van der Waals surface area contributed by atoms with E-state index in [2.05, 4.69) is 33.3 Å². The van der Waals surface area contributed by atoms with E-state index >= 15 is 0 Å². The summed E-state index contributed by atoms with van der Waals surface area (Å²) in [6.45, 7) is -1.00. The van der Waals surface area contributed by atoms with Gasteiger partial charge in [0.25, 0.3) is 5.91 Å². The molecular formula is C8H14N7O13P3. The number of carbonyl (C=O) groups excluding carboxylic acids is 1. The third kappa shape index (κ3) is 7.13. The molecule has 1 aromatic rings. The second-order valence-electron chi connectivity index (χ2n) is 5.55. The Morgan fingerprint density at radius 2 is 1.94 bits per heavy atom. The second kappa shape index (κ2) is 9.40. The van der Waals surface area contributed by atoms with Gasteiger partial charge in [-0.25, -0.2) is 23.4 Å². The zero-order valence-electron chi connectivity index (χ0n) is 14.7. The molecule has 23 heteroatoms. The van der Waals surface area contributed by atoms with Crippen LogP contribution in [0.3, 0.4) is 0 Å². The number of nitrogens with zero attached hydrogens (tertiary/aromatic N) is 6. The van der Waals surface area contributed by atoms with Crippen LogP contribution >= 0.6 is 23.5 Å². The zero-order chi connectivity index (χ0) is 23.6. The lowest BCUT2D eigenvalue weighted by Gasteiger charge is -2.19. The number of hydrogen-bond acceptors (Lipinski definition) is 12. The van der Waals surface area contributed by atoms with Crippen LogP contribution in [0, 0.1) is 0 Å². The Kier molecular flexibility index (Phi) is 7.73. The molecule has 1 saturated heterocycles. The molecule has 0 aromatic carbocycles. The summed E-state index contributed by atoms with van der Waals surface area (Å²) in [5.74, 6) is -1.44. The van der Waals surface area contributed by atoms with E-state index in [4.69, 9.17) is 30.7 Å². The van der Waals surface area contributed by atoms with Crippen molar-refractivity contribution in [2.45, 2.75) is 24.5 Å². The summed E-state index contributed by atoms with van der Waals surface area (Å²) in [5.41, 5.74) is 13.7. The number of phosphoric acid groups is 3. The maximum Gasteiger partial charge on any atom is 0.490 e. The Morgan fingerprint density at radius 1 is 1.29 bits per heavy atom. The van der Waals surface area contributed by atoms with Crippen molar-refractivity contribution in [2.75, 3.05) is 6.61 Å². The average molecular weight is 509 g/mol. The minimum Gasteiger partial charge on any atom is -0.388 e. The van der Waals surface area contributed by atoms with Crippen molar-refractivity contribution < 1.29 is 61.1 Å². The quantitative estimate of drug-likeness (QED) is 0.0919. The Labute approximate surface area is 170 Å². The van der Waals surface area contributed by atoms with E-state index in [1.165, 1.54) is 0 Å². The van der Waals surface area contributed by atoms with Crippen LogP contribution in [0.2, 0.25) is 0 Å². The fourth-order valence-electron chi connectivity index (χ4n) is 2.27. The number of aliphatic hydroxyl groups excluding tert-OH is 1. The van der Waals surface area contributed by atoms with E-state index in [9.17, 15) is 28.5 Å². The van der Waals surface area contributed by atoms with Crippen molar-refractivity contribution in [1.82, 2.24) is 14.8 Å². The van der Waals surface area contributed by atoms with E-state index in [1.807, 2.05) is 0 Å². The maximum atomic E-state index is 11.8. The zero-order valence-corrected chi connectivity index (χ0v) is 17.4. The Bertz CT molecular complexity index is 1020. The first-order valence-electron chi connectivity index (χ1n) is 7.51. The van der Waals surface area contributed by atoms with Crippen LogP contribution in [0.1, 0.15) is 16.8 Å². The van der Waals surface area contributed by atoms with Gasteiger partial charge in [-0.3, -0.25) is 9.32 Å². The highest BCUT2D eigenvalue weighted by Gasteiger charge is 2.47. The van der Waals surface area contributed by atoms with Crippen LogP contribution in [-0.4, -0.2) is 70.2 Å². The van der Waals surface area contributed by atoms with Crippen LogP contribution in [0.15, 0.2) is 11.4 Å². The predicted molar refractivity (Wildman–Crippen MR) is 91.2 cm³/mol. The predicted octanol–water partition coefficient (Wildman–Crippen LogP) is -1.34. The summed E-state index contributed by atoms with van der Waals surface area (Å²) >= 11 is 0. The average Bonchev–Trinajstić information content (AvgIpc) is 3.16. The molecular weight excluding hydrogens is 495 g/mol. The standard InChI is InChI=1S/C8H14N7O13P3/c9-6(17)7-11-2-15(13-7)8-5(16)4(12-14-10)3(26-8)1-25-30(21,22)28-31(23,24)27-29(18,19)20/h2-5,8,16H,1H2,(H2,9,17)(H,21,22)(H,23,24)(H2,18,19,20)/t3-,4-,5-,8-/m1/s1. The largest absolute Gasteiger partial charge is 0.490 e. The van der Waals surface area contributed by atoms with Crippen molar-refractivity contribution in [2.24, 2.45) is 10.8 Å². The maximum absolute atomic E-state index is 11.8. The molecule has 6 atom stereocenters. The molecule has 1 aliphatic rings. The van der Waals surface area contributed by atoms with Crippen molar-refractivity contribution in [3.8, 4) is 0 Å². The number of primary amides is 1. The van der Waals surface area contributed by atoms with Gasteiger partial charge in [-0.1, -0.05) is 5.11 Å². The molecule has 1 aliphatic heterocycles. The van der Waals surface area contributed by atoms with Crippen LogP contribution < -0.4 is 5.73 Å². The minimum absolute atomic E-state index is 0.437. The fraction of sp³-hybridized carbons (Fsp3) is 0.625. The summed E-state index contributed by atoms with van der Waals surface area (Å²) in [6, 6.07) is -1.46. The Morgan fingerprint density at radius 3 is 2.45 bits per heavy atom. The van der Waals surface area contributed by atoms with E-state index in [-0.39, 0.29) is 0 Å². The lowest BCUT2D eigenvalue weighted by Crippen LogP contribution is -2.32. The topological polar surface area (TPSA) is 312 Å². The number of aromatic nitrogens is 3. The molecule has 1 aromatic heterocycles. The van der Waals surface area contributed by atoms with Gasteiger partial charge in [-0.15, -0.1) is 5.10 Å². The minimum atomic E-state index is -5.74. The first-order valence-corrected chi connectivity index (χ1v) is 12.0. The molecule has 2 unspecified atom stereocenters. The van der Waals surface area contributed by atoms with Gasteiger partial charge in [0.05, 0.1) is 18.8 Å². The Hall–Kier alpha value is -1.75. The third-order valence-corrected chi connectivity index (χ3v) is 7.13. The normalized spacial score (nSPS) is 27.8. The van der Waals surface area contributed by atoms with Crippen LogP contribution in [-0.2, 0) is 31.6 Å². The molecule has 0 spiro atoms. The molecule has 2 heterocycles. The summed E-state index contributed by atoms with van der Waals surface area (Å²) in [4.78, 5) is 52.7. The van der Waals surface area contributed by atoms with Gasteiger partial charge in [0.15, 0.2) is 6.23 Å².